The van der Waals surface area contributed by atoms with E-state index < -0.39 is 0 Å². The van der Waals surface area contributed by atoms with Gasteiger partial charge in [0.15, 0.2) is 0 Å². The normalized spacial score (nSPS) is 12.2. The van der Waals surface area contributed by atoms with E-state index in [0.717, 1.165) is 11.1 Å². The highest BCUT2D eigenvalue weighted by Gasteiger charge is 1.94. The van der Waals surface area contributed by atoms with Gasteiger partial charge in [-0.1, -0.05) is 30.3 Å². The summed E-state index contributed by atoms with van der Waals surface area (Å²) in [5, 5.41) is 0. The zero-order chi connectivity index (χ0) is 8.81. The topological polar surface area (TPSA) is 38.4 Å². The van der Waals surface area contributed by atoms with Crippen LogP contribution in [0.1, 0.15) is 5.56 Å². The van der Waals surface area contributed by atoms with Crippen molar-refractivity contribution in [3.63, 3.8) is 0 Å². The van der Waals surface area contributed by atoms with Gasteiger partial charge in [-0.25, -0.2) is 0 Å². The molecule has 12 heavy (non-hydrogen) atoms. The second-order valence-corrected chi connectivity index (χ2v) is 2.38. The molecule has 0 aliphatic rings. The number of nitrogens with zero attached hydrogens (tertiary/aromatic N) is 1. The van der Waals surface area contributed by atoms with Crippen LogP contribution >= 0.6 is 0 Å². The van der Waals surface area contributed by atoms with Crippen molar-refractivity contribution in [3.05, 3.63) is 42.1 Å². The third kappa shape index (κ3) is 1.95. The maximum atomic E-state index is 5.44. The van der Waals surface area contributed by atoms with Crippen molar-refractivity contribution < 1.29 is 0 Å². The lowest BCUT2D eigenvalue weighted by molar-refractivity contribution is 1.47. The molecule has 0 unspecified atom stereocenters. The molecular formula is C10H12N2. The number of rotatable bonds is 2. The zero-order valence-corrected chi connectivity index (χ0v) is 7.07. The Bertz CT molecular complexity index is 286. The summed E-state index contributed by atoms with van der Waals surface area (Å²) in [4.78, 5) is 3.91. The second-order valence-electron chi connectivity index (χ2n) is 2.38. The fourth-order valence-corrected chi connectivity index (χ4v) is 0.983. The summed E-state index contributed by atoms with van der Waals surface area (Å²) in [6.07, 6.45) is 3.30. The summed E-state index contributed by atoms with van der Waals surface area (Å²) in [6, 6.07) is 9.92. The third-order valence-electron chi connectivity index (χ3n) is 1.55. The van der Waals surface area contributed by atoms with Crippen molar-refractivity contribution in [3.8, 4) is 0 Å². The van der Waals surface area contributed by atoms with Gasteiger partial charge < -0.3 is 5.73 Å². The molecule has 0 atom stereocenters. The van der Waals surface area contributed by atoms with Gasteiger partial charge in [-0.05, 0) is 5.56 Å². The Morgan fingerprint density at radius 3 is 2.50 bits per heavy atom. The molecule has 0 aliphatic heterocycles. The Morgan fingerprint density at radius 1 is 1.33 bits per heavy atom. The standard InChI is InChI=1S/C10H12N2/c1-12-8-10(7-11)9-5-3-2-4-6-9/h2-8H,11H2,1H3/b10-7+,12-8?. The maximum absolute atomic E-state index is 5.44. The van der Waals surface area contributed by atoms with E-state index in [1.807, 2.05) is 30.3 Å². The molecule has 0 saturated heterocycles. The highest BCUT2D eigenvalue weighted by atomic mass is 14.6. The van der Waals surface area contributed by atoms with Crippen LogP contribution in [0.5, 0.6) is 0 Å². The van der Waals surface area contributed by atoms with E-state index in [2.05, 4.69) is 4.99 Å². The first kappa shape index (κ1) is 8.53. The Hall–Kier alpha value is -1.57. The van der Waals surface area contributed by atoms with E-state index in [1.165, 1.54) is 0 Å². The third-order valence-corrected chi connectivity index (χ3v) is 1.55. The Morgan fingerprint density at radius 2 is 2.00 bits per heavy atom. The van der Waals surface area contributed by atoms with Crippen LogP contribution in [-0.4, -0.2) is 13.3 Å². The number of aliphatic imine (C=N–C) groups is 1. The van der Waals surface area contributed by atoms with Crippen LogP contribution in [0, 0.1) is 0 Å². The van der Waals surface area contributed by atoms with Crippen molar-refractivity contribution in [2.24, 2.45) is 10.7 Å². The number of hydrogen-bond donors (Lipinski definition) is 1. The van der Waals surface area contributed by atoms with Crippen LogP contribution < -0.4 is 5.73 Å². The summed E-state index contributed by atoms with van der Waals surface area (Å²) in [5.74, 6) is 0. The fourth-order valence-electron chi connectivity index (χ4n) is 0.983. The van der Waals surface area contributed by atoms with Crippen molar-refractivity contribution in [2.75, 3.05) is 7.05 Å². The lowest BCUT2D eigenvalue weighted by Crippen LogP contribution is -1.90. The molecule has 0 saturated carbocycles. The van der Waals surface area contributed by atoms with E-state index in [0.29, 0.717) is 0 Å². The SMILES string of the molecule is CN=C/C(=C\N)c1ccccc1. The fraction of sp³-hybridized carbons (Fsp3) is 0.100. The summed E-state index contributed by atoms with van der Waals surface area (Å²) < 4.78 is 0. The summed E-state index contributed by atoms with van der Waals surface area (Å²) in [7, 11) is 1.73. The average molecular weight is 160 g/mol. The van der Waals surface area contributed by atoms with Gasteiger partial charge >= 0.3 is 0 Å². The van der Waals surface area contributed by atoms with Gasteiger partial charge in [0.2, 0.25) is 0 Å². The van der Waals surface area contributed by atoms with Crippen LogP contribution in [0.2, 0.25) is 0 Å². The molecule has 0 bridgehead atoms. The van der Waals surface area contributed by atoms with Crippen LogP contribution in [0.4, 0.5) is 0 Å². The number of allylic oxidation sites excluding steroid dienone is 1. The molecule has 62 valence electrons. The number of benzene rings is 1. The van der Waals surface area contributed by atoms with E-state index in [-0.39, 0.29) is 0 Å². The first-order valence-corrected chi connectivity index (χ1v) is 3.78. The smallest absolute Gasteiger partial charge is 0.0301 e. The van der Waals surface area contributed by atoms with Crippen molar-refractivity contribution in [1.29, 1.82) is 0 Å². The largest absolute Gasteiger partial charge is 0.404 e. The molecule has 2 N–H and O–H groups in total. The highest BCUT2D eigenvalue weighted by Crippen LogP contribution is 2.09. The van der Waals surface area contributed by atoms with Crippen LogP contribution in [0.25, 0.3) is 5.57 Å². The first-order valence-electron chi connectivity index (χ1n) is 3.78. The van der Waals surface area contributed by atoms with Gasteiger partial charge in [-0.15, -0.1) is 0 Å². The molecule has 1 rings (SSSR count). The molecule has 0 aromatic heterocycles. The van der Waals surface area contributed by atoms with E-state index in [4.69, 9.17) is 5.73 Å². The monoisotopic (exact) mass is 160 g/mol. The molecule has 0 heterocycles. The average Bonchev–Trinajstić information content (AvgIpc) is 2.15. The lowest BCUT2D eigenvalue weighted by Gasteiger charge is -1.98. The number of nitrogens with two attached hydrogens (primary N) is 1. The zero-order valence-electron chi connectivity index (χ0n) is 7.07. The van der Waals surface area contributed by atoms with Crippen LogP contribution in [-0.2, 0) is 0 Å². The van der Waals surface area contributed by atoms with Crippen LogP contribution in [0.3, 0.4) is 0 Å². The molecule has 0 amide bonds. The highest BCUT2D eigenvalue weighted by molar-refractivity contribution is 6.09. The molecule has 0 spiro atoms. The molecule has 2 nitrogen and oxygen atoms in total. The van der Waals surface area contributed by atoms with Crippen molar-refractivity contribution in [1.82, 2.24) is 0 Å². The van der Waals surface area contributed by atoms with E-state index in [1.54, 1.807) is 19.5 Å². The second kappa shape index (κ2) is 4.34. The molecule has 0 radical (unpaired) electrons. The van der Waals surface area contributed by atoms with Gasteiger partial charge in [0, 0.05) is 25.0 Å². The Kier molecular flexibility index (Phi) is 3.08. The predicted molar refractivity (Wildman–Crippen MR) is 53.0 cm³/mol. The van der Waals surface area contributed by atoms with Gasteiger partial charge in [-0.2, -0.15) is 0 Å². The summed E-state index contributed by atoms with van der Waals surface area (Å²) >= 11 is 0. The Labute approximate surface area is 72.4 Å². The van der Waals surface area contributed by atoms with E-state index in [9.17, 15) is 0 Å². The van der Waals surface area contributed by atoms with Crippen LogP contribution in [0.15, 0.2) is 41.5 Å². The van der Waals surface area contributed by atoms with Gasteiger partial charge in [0.05, 0.1) is 0 Å². The van der Waals surface area contributed by atoms with Gasteiger partial charge in [-0.3, -0.25) is 4.99 Å². The van der Waals surface area contributed by atoms with Crippen molar-refractivity contribution in [2.45, 2.75) is 0 Å². The lowest BCUT2D eigenvalue weighted by atomic mass is 10.1. The summed E-state index contributed by atoms with van der Waals surface area (Å²) in [6.45, 7) is 0. The molecule has 1 aromatic carbocycles. The number of hydrogen-bond acceptors (Lipinski definition) is 2. The minimum atomic E-state index is 0.943. The van der Waals surface area contributed by atoms with Crippen molar-refractivity contribution >= 4 is 11.8 Å². The first-order chi connectivity index (χ1) is 5.88. The van der Waals surface area contributed by atoms with Gasteiger partial charge in [0.25, 0.3) is 0 Å². The minimum Gasteiger partial charge on any atom is -0.404 e. The molecule has 2 heteroatoms. The maximum Gasteiger partial charge on any atom is 0.0301 e. The Balaban J connectivity index is 2.97. The van der Waals surface area contributed by atoms with Gasteiger partial charge in [0.1, 0.15) is 0 Å². The molecule has 1 aromatic rings. The molecule has 0 aliphatic carbocycles. The van der Waals surface area contributed by atoms with E-state index >= 15 is 0 Å². The predicted octanol–water partition coefficient (Wildman–Crippen LogP) is 1.69. The minimum absolute atomic E-state index is 0.943. The molecule has 0 fully saturated rings. The molecular weight excluding hydrogens is 148 g/mol. The summed E-state index contributed by atoms with van der Waals surface area (Å²) in [5.41, 5.74) is 7.47. The quantitative estimate of drug-likeness (QED) is 0.657.